The van der Waals surface area contributed by atoms with Crippen molar-refractivity contribution >= 4 is 34.8 Å². The first-order valence-electron chi connectivity index (χ1n) is 7.87. The average molecular weight is 354 g/mol. The minimum atomic E-state index is -0.112. The lowest BCUT2D eigenvalue weighted by atomic mass is 10.1. The number of aromatic nitrogens is 2. The van der Waals surface area contributed by atoms with E-state index in [1.54, 1.807) is 33.3 Å². The number of hydrogen-bond donors (Lipinski definition) is 0. The van der Waals surface area contributed by atoms with Crippen LogP contribution in [0, 0.1) is 0 Å². The Labute approximate surface area is 150 Å². The lowest BCUT2D eigenvalue weighted by Crippen LogP contribution is -2.23. The minimum absolute atomic E-state index is 0.0971. The van der Waals surface area contributed by atoms with Gasteiger partial charge in [0.2, 0.25) is 5.91 Å². The van der Waals surface area contributed by atoms with E-state index in [0.29, 0.717) is 22.2 Å². The summed E-state index contributed by atoms with van der Waals surface area (Å²) < 4.78 is 1.34. The van der Waals surface area contributed by atoms with Crippen molar-refractivity contribution in [1.29, 1.82) is 0 Å². The third-order valence-electron chi connectivity index (χ3n) is 3.83. The molecule has 6 nitrogen and oxygen atoms in total. The summed E-state index contributed by atoms with van der Waals surface area (Å²) in [6, 6.07) is 9.61. The summed E-state index contributed by atoms with van der Waals surface area (Å²) in [5, 5.41) is 5.08. The molecule has 0 spiro atoms. The number of rotatable bonds is 3. The summed E-state index contributed by atoms with van der Waals surface area (Å²) in [6.45, 7) is 1.79. The van der Waals surface area contributed by atoms with Crippen molar-refractivity contribution < 1.29 is 9.59 Å². The van der Waals surface area contributed by atoms with E-state index < -0.39 is 0 Å². The summed E-state index contributed by atoms with van der Waals surface area (Å²) in [5.41, 5.74) is 2.30. The highest BCUT2D eigenvalue weighted by Crippen LogP contribution is 2.33. The van der Waals surface area contributed by atoms with E-state index in [1.165, 1.54) is 21.3 Å². The average Bonchev–Trinajstić information content (AvgIpc) is 3.18. The van der Waals surface area contributed by atoms with Gasteiger partial charge in [-0.3, -0.25) is 19.5 Å². The molecule has 0 N–H and O–H groups in total. The molecule has 1 aliphatic rings. The van der Waals surface area contributed by atoms with Crippen molar-refractivity contribution in [2.75, 3.05) is 14.1 Å². The normalized spacial score (nSPS) is 17.7. The van der Waals surface area contributed by atoms with E-state index in [9.17, 15) is 9.59 Å². The zero-order valence-corrected chi connectivity index (χ0v) is 15.1. The molecule has 1 aromatic carbocycles. The second-order valence-corrected chi connectivity index (χ2v) is 6.48. The van der Waals surface area contributed by atoms with Crippen LogP contribution in [0.25, 0.3) is 17.3 Å². The van der Waals surface area contributed by atoms with Crippen LogP contribution in [0.5, 0.6) is 0 Å². The third kappa shape index (κ3) is 3.28. The molecule has 1 fully saturated rings. The molecule has 3 rings (SSSR count). The van der Waals surface area contributed by atoms with Crippen LogP contribution in [0.2, 0.25) is 0 Å². The van der Waals surface area contributed by atoms with E-state index >= 15 is 0 Å². The number of nitrogens with zero attached hydrogens (tertiary/aromatic N) is 4. The molecule has 2 aromatic rings. The van der Waals surface area contributed by atoms with Crippen LogP contribution in [-0.2, 0) is 4.79 Å². The van der Waals surface area contributed by atoms with Gasteiger partial charge in [0.1, 0.15) is 5.69 Å². The van der Waals surface area contributed by atoms with Crippen LogP contribution >= 0.6 is 11.8 Å². The molecule has 1 amide bonds. The highest BCUT2D eigenvalue weighted by molar-refractivity contribution is 8.18. The van der Waals surface area contributed by atoms with Crippen LogP contribution in [0.1, 0.15) is 23.7 Å². The summed E-state index contributed by atoms with van der Waals surface area (Å²) in [7, 11) is 3.35. The Morgan fingerprint density at radius 1 is 1.32 bits per heavy atom. The highest BCUT2D eigenvalue weighted by Gasteiger charge is 2.30. The van der Waals surface area contributed by atoms with Gasteiger partial charge in [-0.15, -0.1) is 0 Å². The Hall–Kier alpha value is -2.67. The Kier molecular flexibility index (Phi) is 4.85. The predicted octanol–water partition coefficient (Wildman–Crippen LogP) is 3.13. The maximum atomic E-state index is 12.4. The first kappa shape index (κ1) is 17.2. The van der Waals surface area contributed by atoms with Crippen molar-refractivity contribution in [3.05, 3.63) is 47.0 Å². The van der Waals surface area contributed by atoms with Crippen molar-refractivity contribution in [1.82, 2.24) is 14.7 Å². The molecule has 1 saturated heterocycles. The lowest BCUT2D eigenvalue weighted by Gasteiger charge is -2.05. The predicted molar refractivity (Wildman–Crippen MR) is 100 cm³/mol. The van der Waals surface area contributed by atoms with Gasteiger partial charge in [0.25, 0.3) is 5.91 Å². The van der Waals surface area contributed by atoms with Gasteiger partial charge < -0.3 is 0 Å². The molecule has 1 aliphatic heterocycles. The molecular formula is C18H18N4O2S. The maximum Gasteiger partial charge on any atom is 0.266 e. The van der Waals surface area contributed by atoms with Gasteiger partial charge in [0.15, 0.2) is 5.17 Å². The van der Waals surface area contributed by atoms with Crippen LogP contribution < -0.4 is 0 Å². The smallest absolute Gasteiger partial charge is 0.266 e. The van der Waals surface area contributed by atoms with Crippen molar-refractivity contribution in [2.45, 2.75) is 13.3 Å². The molecule has 128 valence electrons. The highest BCUT2D eigenvalue weighted by atomic mass is 32.2. The van der Waals surface area contributed by atoms with Gasteiger partial charge >= 0.3 is 0 Å². The Balaban J connectivity index is 2.09. The van der Waals surface area contributed by atoms with Crippen molar-refractivity contribution in [3.8, 4) is 11.3 Å². The topological polar surface area (TPSA) is 67.6 Å². The summed E-state index contributed by atoms with van der Waals surface area (Å²) >= 11 is 1.31. The number of carbonyl (C=O) groups excluding carboxylic acids is 2. The first-order valence-corrected chi connectivity index (χ1v) is 8.69. The van der Waals surface area contributed by atoms with E-state index in [2.05, 4.69) is 10.1 Å². The van der Waals surface area contributed by atoms with Crippen LogP contribution in [0.4, 0.5) is 0 Å². The van der Waals surface area contributed by atoms with Gasteiger partial charge in [-0.05, 0) is 17.8 Å². The van der Waals surface area contributed by atoms with Gasteiger partial charge in [0, 0.05) is 37.8 Å². The summed E-state index contributed by atoms with van der Waals surface area (Å²) in [4.78, 5) is 30.6. The fraction of sp³-hybridized carbons (Fsp3) is 0.222. The molecule has 0 radical (unpaired) electrons. The molecule has 0 bridgehead atoms. The quantitative estimate of drug-likeness (QED) is 0.794. The van der Waals surface area contributed by atoms with Crippen LogP contribution in [0.15, 0.2) is 46.4 Å². The maximum absolute atomic E-state index is 12.4. The zero-order valence-electron chi connectivity index (χ0n) is 14.3. The molecule has 25 heavy (non-hydrogen) atoms. The molecule has 0 atom stereocenters. The molecular weight excluding hydrogens is 336 g/mol. The lowest BCUT2D eigenvalue weighted by molar-refractivity contribution is -0.121. The standard InChI is InChI=1S/C18H18N4O2S/c1-4-15(23)22-11-13(16(20-22)12-8-6-5-7-9-12)10-14-17(24)21(3)18(19-2)25-14/h5-11H,4H2,1-3H3. The summed E-state index contributed by atoms with van der Waals surface area (Å²) in [6.07, 6.45) is 3.81. The van der Waals surface area contributed by atoms with E-state index in [-0.39, 0.29) is 11.8 Å². The van der Waals surface area contributed by atoms with Gasteiger partial charge in [-0.1, -0.05) is 37.3 Å². The fourth-order valence-corrected chi connectivity index (χ4v) is 3.41. The Morgan fingerprint density at radius 2 is 2.04 bits per heavy atom. The van der Waals surface area contributed by atoms with E-state index in [4.69, 9.17) is 0 Å². The number of thioether (sulfide) groups is 1. The fourth-order valence-electron chi connectivity index (χ4n) is 2.49. The minimum Gasteiger partial charge on any atom is -0.290 e. The molecule has 0 saturated carbocycles. The second kappa shape index (κ2) is 7.06. The van der Waals surface area contributed by atoms with Crippen molar-refractivity contribution in [2.24, 2.45) is 4.99 Å². The van der Waals surface area contributed by atoms with Gasteiger partial charge in [-0.2, -0.15) is 5.10 Å². The van der Waals surface area contributed by atoms with Crippen LogP contribution in [-0.4, -0.2) is 45.8 Å². The Morgan fingerprint density at radius 3 is 2.64 bits per heavy atom. The molecule has 1 aromatic heterocycles. The Bertz CT molecular complexity index is 884. The number of hydrogen-bond acceptors (Lipinski definition) is 5. The first-order chi connectivity index (χ1) is 12.0. The molecule has 0 unspecified atom stereocenters. The number of amidine groups is 1. The van der Waals surface area contributed by atoms with Gasteiger partial charge in [0.05, 0.1) is 4.91 Å². The summed E-state index contributed by atoms with van der Waals surface area (Å²) in [5.74, 6) is -0.209. The third-order valence-corrected chi connectivity index (χ3v) is 4.98. The number of carbonyl (C=O) groups is 2. The largest absolute Gasteiger partial charge is 0.290 e. The monoisotopic (exact) mass is 354 g/mol. The number of likely N-dealkylation sites (N-methyl/N-ethyl adjacent to an activating group) is 1. The van der Waals surface area contributed by atoms with Gasteiger partial charge in [-0.25, -0.2) is 4.68 Å². The SMILES string of the molecule is CCC(=O)n1cc(C=C2SC(=NC)N(C)C2=O)c(-c2ccccc2)n1. The molecule has 0 aliphatic carbocycles. The van der Waals surface area contributed by atoms with Crippen molar-refractivity contribution in [3.63, 3.8) is 0 Å². The number of benzene rings is 1. The zero-order chi connectivity index (χ0) is 18.0. The van der Waals surface area contributed by atoms with Crippen LogP contribution in [0.3, 0.4) is 0 Å². The van der Waals surface area contributed by atoms with E-state index in [0.717, 1.165) is 11.1 Å². The number of amides is 1. The number of aliphatic imine (C=N–C) groups is 1. The van der Waals surface area contributed by atoms with E-state index in [1.807, 2.05) is 30.3 Å². The molecule has 7 heteroatoms. The second-order valence-electron chi connectivity index (χ2n) is 5.47. The molecule has 2 heterocycles.